The number of phenols is 1. The fourth-order valence-corrected chi connectivity index (χ4v) is 2.27. The highest BCUT2D eigenvalue weighted by Crippen LogP contribution is 2.34. The average Bonchev–Trinajstić information content (AvgIpc) is 2.44. The van der Waals surface area contributed by atoms with Crippen molar-refractivity contribution in [3.8, 4) is 5.75 Å². The summed E-state index contributed by atoms with van der Waals surface area (Å²) >= 11 is 11.6. The fraction of sp³-hybridized carbons (Fsp3) is 0.133. The van der Waals surface area contributed by atoms with E-state index in [1.807, 2.05) is 37.3 Å². The van der Waals surface area contributed by atoms with Crippen molar-refractivity contribution in [1.82, 2.24) is 0 Å². The molecule has 0 aliphatic rings. The van der Waals surface area contributed by atoms with E-state index >= 15 is 0 Å². The highest BCUT2D eigenvalue weighted by Gasteiger charge is 2.16. The molecule has 2 aromatic carbocycles. The van der Waals surface area contributed by atoms with Crippen LogP contribution in [-0.2, 0) is 4.79 Å². The van der Waals surface area contributed by atoms with Crippen molar-refractivity contribution >= 4 is 34.8 Å². The van der Waals surface area contributed by atoms with Gasteiger partial charge in [-0.2, -0.15) is 0 Å². The Hall–Kier alpha value is -1.71. The molecule has 0 aliphatic carbocycles. The van der Waals surface area contributed by atoms with E-state index in [-0.39, 0.29) is 27.6 Å². The summed E-state index contributed by atoms with van der Waals surface area (Å²) in [6.45, 7) is 1.81. The average molecular weight is 310 g/mol. The van der Waals surface area contributed by atoms with Crippen LogP contribution in [0.1, 0.15) is 18.4 Å². The molecule has 20 heavy (non-hydrogen) atoms. The highest BCUT2D eigenvalue weighted by molar-refractivity contribution is 6.37. The van der Waals surface area contributed by atoms with Crippen molar-refractivity contribution in [3.05, 3.63) is 58.1 Å². The lowest BCUT2D eigenvalue weighted by molar-refractivity contribution is -0.117. The second-order valence-electron chi connectivity index (χ2n) is 4.41. The number of hydrogen-bond donors (Lipinski definition) is 2. The van der Waals surface area contributed by atoms with Crippen LogP contribution >= 0.6 is 23.2 Å². The van der Waals surface area contributed by atoms with Crippen molar-refractivity contribution < 1.29 is 9.90 Å². The lowest BCUT2D eigenvalue weighted by atomic mass is 10.0. The van der Waals surface area contributed by atoms with Crippen LogP contribution in [0.2, 0.25) is 10.0 Å². The van der Waals surface area contributed by atoms with Gasteiger partial charge in [0, 0.05) is 5.69 Å². The second kappa shape index (κ2) is 6.16. The zero-order chi connectivity index (χ0) is 14.7. The van der Waals surface area contributed by atoms with E-state index in [1.54, 1.807) is 0 Å². The first-order chi connectivity index (χ1) is 9.49. The molecule has 2 aromatic rings. The summed E-state index contributed by atoms with van der Waals surface area (Å²) in [5.74, 6) is -0.668. The van der Waals surface area contributed by atoms with Gasteiger partial charge in [0.2, 0.25) is 5.91 Å². The second-order valence-corrected chi connectivity index (χ2v) is 5.22. The molecule has 2 N–H and O–H groups in total. The number of rotatable bonds is 3. The molecular formula is C15H13Cl2NO2. The maximum atomic E-state index is 12.2. The standard InChI is InChI=1S/C15H13Cl2NO2/c1-9(10-5-3-2-4-6-10)15(20)18-11-7-12(16)14(19)13(17)8-11/h2-9,19H,1H3,(H,18,20). The zero-order valence-electron chi connectivity index (χ0n) is 10.7. The Morgan fingerprint density at radius 3 is 2.25 bits per heavy atom. The number of halogens is 2. The topological polar surface area (TPSA) is 49.3 Å². The predicted octanol–water partition coefficient (Wildman–Crippen LogP) is 4.44. The lowest BCUT2D eigenvalue weighted by Crippen LogP contribution is -2.18. The minimum absolute atomic E-state index is 0.0974. The molecule has 0 spiro atoms. The monoisotopic (exact) mass is 309 g/mol. The van der Waals surface area contributed by atoms with Gasteiger partial charge in [-0.05, 0) is 24.6 Å². The maximum Gasteiger partial charge on any atom is 0.231 e. The zero-order valence-corrected chi connectivity index (χ0v) is 12.2. The molecule has 0 radical (unpaired) electrons. The smallest absolute Gasteiger partial charge is 0.231 e. The first-order valence-electron chi connectivity index (χ1n) is 6.03. The number of amides is 1. The van der Waals surface area contributed by atoms with Gasteiger partial charge in [-0.3, -0.25) is 4.79 Å². The minimum Gasteiger partial charge on any atom is -0.505 e. The predicted molar refractivity (Wildman–Crippen MR) is 81.6 cm³/mol. The van der Waals surface area contributed by atoms with Crippen LogP contribution in [0.25, 0.3) is 0 Å². The van der Waals surface area contributed by atoms with Gasteiger partial charge < -0.3 is 10.4 Å². The van der Waals surface area contributed by atoms with Gasteiger partial charge >= 0.3 is 0 Å². The van der Waals surface area contributed by atoms with Crippen LogP contribution in [0.15, 0.2) is 42.5 Å². The summed E-state index contributed by atoms with van der Waals surface area (Å²) in [6.07, 6.45) is 0. The van der Waals surface area contributed by atoms with Crippen LogP contribution in [0.5, 0.6) is 5.75 Å². The number of phenolic OH excluding ortho intramolecular Hbond substituents is 1. The molecule has 1 atom stereocenters. The van der Waals surface area contributed by atoms with Crippen LogP contribution in [0.3, 0.4) is 0 Å². The molecule has 0 saturated carbocycles. The van der Waals surface area contributed by atoms with Crippen molar-refractivity contribution in [3.63, 3.8) is 0 Å². The highest BCUT2D eigenvalue weighted by atomic mass is 35.5. The fourth-order valence-electron chi connectivity index (χ4n) is 1.78. The van der Waals surface area contributed by atoms with E-state index in [1.165, 1.54) is 12.1 Å². The van der Waals surface area contributed by atoms with E-state index in [0.29, 0.717) is 5.69 Å². The molecule has 104 valence electrons. The van der Waals surface area contributed by atoms with Gasteiger partial charge in [-0.25, -0.2) is 0 Å². The molecule has 0 bridgehead atoms. The molecule has 0 heterocycles. The quantitative estimate of drug-likeness (QED) is 0.823. The summed E-state index contributed by atoms with van der Waals surface area (Å²) in [4.78, 5) is 12.2. The van der Waals surface area contributed by atoms with Gasteiger partial charge in [0.1, 0.15) is 0 Å². The summed E-state index contributed by atoms with van der Waals surface area (Å²) in [7, 11) is 0. The Balaban J connectivity index is 2.16. The largest absolute Gasteiger partial charge is 0.505 e. The Labute approximate surface area is 127 Å². The van der Waals surface area contributed by atoms with Crippen molar-refractivity contribution in [2.75, 3.05) is 5.32 Å². The number of benzene rings is 2. The molecule has 3 nitrogen and oxygen atoms in total. The third kappa shape index (κ3) is 3.24. The van der Waals surface area contributed by atoms with Crippen LogP contribution in [-0.4, -0.2) is 11.0 Å². The summed E-state index contributed by atoms with van der Waals surface area (Å²) in [5.41, 5.74) is 1.37. The molecule has 1 amide bonds. The molecule has 0 saturated heterocycles. The van der Waals surface area contributed by atoms with Crippen LogP contribution < -0.4 is 5.32 Å². The third-order valence-electron chi connectivity index (χ3n) is 2.98. The summed E-state index contributed by atoms with van der Waals surface area (Å²) < 4.78 is 0. The van der Waals surface area contributed by atoms with E-state index in [9.17, 15) is 9.90 Å². The van der Waals surface area contributed by atoms with Crippen molar-refractivity contribution in [2.45, 2.75) is 12.8 Å². The Morgan fingerprint density at radius 1 is 1.15 bits per heavy atom. The number of hydrogen-bond acceptors (Lipinski definition) is 2. The molecule has 2 rings (SSSR count). The van der Waals surface area contributed by atoms with Gasteiger partial charge in [0.05, 0.1) is 16.0 Å². The molecule has 0 aliphatic heterocycles. The lowest BCUT2D eigenvalue weighted by Gasteiger charge is -2.13. The number of anilines is 1. The summed E-state index contributed by atoms with van der Waals surface area (Å²) in [6, 6.07) is 12.4. The van der Waals surface area contributed by atoms with Crippen LogP contribution in [0.4, 0.5) is 5.69 Å². The molecule has 0 aromatic heterocycles. The summed E-state index contributed by atoms with van der Waals surface area (Å²) in [5, 5.41) is 12.4. The Bertz CT molecular complexity index is 606. The first kappa shape index (κ1) is 14.7. The SMILES string of the molecule is CC(C(=O)Nc1cc(Cl)c(O)c(Cl)c1)c1ccccc1. The van der Waals surface area contributed by atoms with Crippen LogP contribution in [0, 0.1) is 0 Å². The van der Waals surface area contributed by atoms with Crippen molar-refractivity contribution in [1.29, 1.82) is 0 Å². The van der Waals surface area contributed by atoms with E-state index in [4.69, 9.17) is 23.2 Å². The molecule has 5 heteroatoms. The number of aromatic hydroxyl groups is 1. The van der Waals surface area contributed by atoms with E-state index in [0.717, 1.165) is 5.56 Å². The van der Waals surface area contributed by atoms with Gasteiger partial charge in [0.15, 0.2) is 5.75 Å². The number of nitrogens with one attached hydrogen (secondary N) is 1. The number of carbonyl (C=O) groups is 1. The van der Waals surface area contributed by atoms with Gasteiger partial charge in [0.25, 0.3) is 0 Å². The Morgan fingerprint density at radius 2 is 1.70 bits per heavy atom. The van der Waals surface area contributed by atoms with Gasteiger partial charge in [-0.15, -0.1) is 0 Å². The van der Waals surface area contributed by atoms with Gasteiger partial charge in [-0.1, -0.05) is 53.5 Å². The molecule has 0 fully saturated rings. The minimum atomic E-state index is -0.303. The molecule has 1 unspecified atom stereocenters. The first-order valence-corrected chi connectivity index (χ1v) is 6.78. The maximum absolute atomic E-state index is 12.2. The third-order valence-corrected chi connectivity index (χ3v) is 3.55. The number of carbonyl (C=O) groups excluding carboxylic acids is 1. The van der Waals surface area contributed by atoms with E-state index < -0.39 is 0 Å². The normalized spacial score (nSPS) is 11.9. The molecular weight excluding hydrogens is 297 g/mol. The Kier molecular flexibility index (Phi) is 4.53. The van der Waals surface area contributed by atoms with E-state index in [2.05, 4.69) is 5.32 Å². The van der Waals surface area contributed by atoms with Crippen molar-refractivity contribution in [2.24, 2.45) is 0 Å².